The molecule has 1 aliphatic carbocycles. The summed E-state index contributed by atoms with van der Waals surface area (Å²) in [6, 6.07) is 31.1. The van der Waals surface area contributed by atoms with Crippen molar-refractivity contribution in [3.05, 3.63) is 125 Å². The van der Waals surface area contributed by atoms with Crippen molar-refractivity contribution in [2.45, 2.75) is 45.1 Å². The highest BCUT2D eigenvalue weighted by Gasteiger charge is 2.28. The molecule has 7 heteroatoms. The largest absolute Gasteiger partial charge is 0.492 e. The monoisotopic (exact) mass is 604 g/mol. The Kier molecular flexibility index (Phi) is 10.6. The Hall–Kier alpha value is -4.91. The molecule has 0 radical (unpaired) electrons. The number of amides is 1. The summed E-state index contributed by atoms with van der Waals surface area (Å²) < 4.78 is 11.2. The fourth-order valence-electron chi connectivity index (χ4n) is 5.77. The molecule has 4 aromatic carbocycles. The number of esters is 1. The molecule has 1 unspecified atom stereocenters. The summed E-state index contributed by atoms with van der Waals surface area (Å²) in [7, 11) is 1.35. The van der Waals surface area contributed by atoms with Gasteiger partial charge in [-0.2, -0.15) is 0 Å². The standard InChI is InChI=1S/C38H40N2O5/c1-27-16-20-31(21-17-27)40(37(42)30-12-6-7-13-30)24-25-45-32-22-18-28(19-23-32)26-35(38(43)44-2)39-34-15-9-8-14-33(34)36(41)29-10-4-3-5-11-29/h3-5,8-11,14-23,30,35,39H,6-7,12-13,24-26H2,1-2H3. The van der Waals surface area contributed by atoms with Gasteiger partial charge >= 0.3 is 5.97 Å². The van der Waals surface area contributed by atoms with E-state index in [9.17, 15) is 14.4 Å². The molecule has 0 spiro atoms. The van der Waals surface area contributed by atoms with E-state index in [0.717, 1.165) is 42.5 Å². The fourth-order valence-corrected chi connectivity index (χ4v) is 5.77. The van der Waals surface area contributed by atoms with Crippen molar-refractivity contribution in [3.63, 3.8) is 0 Å². The molecule has 4 aromatic rings. The predicted molar refractivity (Wildman–Crippen MR) is 177 cm³/mol. The van der Waals surface area contributed by atoms with Crippen molar-refractivity contribution < 1.29 is 23.9 Å². The van der Waals surface area contributed by atoms with Crippen molar-refractivity contribution >= 4 is 29.0 Å². The van der Waals surface area contributed by atoms with E-state index in [4.69, 9.17) is 9.47 Å². The lowest BCUT2D eigenvalue weighted by molar-refractivity contribution is -0.141. The highest BCUT2D eigenvalue weighted by molar-refractivity contribution is 6.12. The minimum absolute atomic E-state index is 0.0744. The second-order valence-corrected chi connectivity index (χ2v) is 11.5. The van der Waals surface area contributed by atoms with Crippen molar-refractivity contribution in [3.8, 4) is 5.75 Å². The van der Waals surface area contributed by atoms with E-state index in [0.29, 0.717) is 42.1 Å². The van der Waals surface area contributed by atoms with Gasteiger partial charge in [0.15, 0.2) is 5.78 Å². The molecular formula is C38H40N2O5. The van der Waals surface area contributed by atoms with Crippen LogP contribution in [0.15, 0.2) is 103 Å². The molecule has 232 valence electrons. The molecule has 0 saturated heterocycles. The number of benzene rings is 4. The average molecular weight is 605 g/mol. The molecule has 0 aromatic heterocycles. The molecule has 0 bridgehead atoms. The van der Waals surface area contributed by atoms with Gasteiger partial charge in [-0.05, 0) is 61.7 Å². The Balaban J connectivity index is 1.23. The van der Waals surface area contributed by atoms with Crippen LogP contribution in [0, 0.1) is 12.8 Å². The molecule has 1 saturated carbocycles. The SMILES string of the molecule is COC(=O)C(Cc1ccc(OCCN(C(=O)C2CCCC2)c2ccc(C)cc2)cc1)Nc1ccccc1C(=O)c1ccccc1. The first kappa shape index (κ1) is 31.5. The van der Waals surface area contributed by atoms with E-state index in [1.807, 2.05) is 84.6 Å². The van der Waals surface area contributed by atoms with Crippen molar-refractivity contribution in [2.24, 2.45) is 5.92 Å². The number of nitrogens with one attached hydrogen (secondary N) is 1. The first-order chi connectivity index (χ1) is 21.9. The highest BCUT2D eigenvalue weighted by Crippen LogP contribution is 2.29. The molecule has 1 atom stereocenters. The number of para-hydroxylation sites is 1. The number of aryl methyl sites for hydroxylation is 1. The summed E-state index contributed by atoms with van der Waals surface area (Å²) in [4.78, 5) is 41.2. The Morgan fingerprint density at radius 2 is 1.51 bits per heavy atom. The first-order valence-corrected chi connectivity index (χ1v) is 15.6. The lowest BCUT2D eigenvalue weighted by atomic mass is 10.00. The van der Waals surface area contributed by atoms with Crippen LogP contribution < -0.4 is 15.0 Å². The molecule has 7 nitrogen and oxygen atoms in total. The highest BCUT2D eigenvalue weighted by atomic mass is 16.5. The maximum absolute atomic E-state index is 13.4. The first-order valence-electron chi connectivity index (χ1n) is 15.6. The molecule has 1 fully saturated rings. The van der Waals surface area contributed by atoms with E-state index in [2.05, 4.69) is 5.32 Å². The molecule has 0 aliphatic heterocycles. The van der Waals surface area contributed by atoms with Gasteiger partial charge < -0.3 is 19.7 Å². The van der Waals surface area contributed by atoms with Crippen LogP contribution in [0.3, 0.4) is 0 Å². The third kappa shape index (κ3) is 8.18. The van der Waals surface area contributed by atoms with Crippen LogP contribution in [0.2, 0.25) is 0 Å². The summed E-state index contributed by atoms with van der Waals surface area (Å²) >= 11 is 0. The summed E-state index contributed by atoms with van der Waals surface area (Å²) in [6.45, 7) is 2.84. The van der Waals surface area contributed by atoms with Gasteiger partial charge in [0, 0.05) is 34.8 Å². The normalized spacial score (nSPS) is 13.6. The summed E-state index contributed by atoms with van der Waals surface area (Å²) in [5.41, 5.74) is 4.55. The lowest BCUT2D eigenvalue weighted by Crippen LogP contribution is -2.38. The van der Waals surface area contributed by atoms with Gasteiger partial charge in [0.25, 0.3) is 0 Å². The number of ether oxygens (including phenoxy) is 2. The molecule has 0 heterocycles. The quantitative estimate of drug-likeness (QED) is 0.130. The number of methoxy groups -OCH3 is 1. The van der Waals surface area contributed by atoms with E-state index >= 15 is 0 Å². The second kappa shape index (κ2) is 15.2. The topological polar surface area (TPSA) is 84.9 Å². The molecular weight excluding hydrogens is 564 g/mol. The minimum atomic E-state index is -0.712. The van der Waals surface area contributed by atoms with Crippen LogP contribution in [0.4, 0.5) is 11.4 Å². The number of nitrogens with zero attached hydrogens (tertiary/aromatic N) is 1. The summed E-state index contributed by atoms with van der Waals surface area (Å²) in [6.07, 6.45) is 4.44. The predicted octanol–water partition coefficient (Wildman–Crippen LogP) is 7.02. The maximum Gasteiger partial charge on any atom is 0.328 e. The molecule has 5 rings (SSSR count). The number of carbonyl (C=O) groups is 3. The van der Waals surface area contributed by atoms with Crippen molar-refractivity contribution in [1.29, 1.82) is 0 Å². The van der Waals surface area contributed by atoms with Crippen LogP contribution in [0.1, 0.15) is 52.7 Å². The van der Waals surface area contributed by atoms with Crippen LogP contribution in [0.25, 0.3) is 0 Å². The van der Waals surface area contributed by atoms with Gasteiger partial charge in [0.2, 0.25) is 5.91 Å². The Morgan fingerprint density at radius 3 is 2.20 bits per heavy atom. The van der Waals surface area contributed by atoms with Crippen LogP contribution in [-0.2, 0) is 20.7 Å². The van der Waals surface area contributed by atoms with Gasteiger partial charge in [-0.3, -0.25) is 9.59 Å². The van der Waals surface area contributed by atoms with Gasteiger partial charge in [-0.15, -0.1) is 0 Å². The van der Waals surface area contributed by atoms with Crippen molar-refractivity contribution in [2.75, 3.05) is 30.5 Å². The van der Waals surface area contributed by atoms with Crippen LogP contribution in [0.5, 0.6) is 5.75 Å². The maximum atomic E-state index is 13.4. The number of rotatable bonds is 13. The third-order valence-electron chi connectivity index (χ3n) is 8.29. The van der Waals surface area contributed by atoms with Gasteiger partial charge in [0.05, 0.1) is 13.7 Å². The summed E-state index contributed by atoms with van der Waals surface area (Å²) in [5.74, 6) is 0.362. The fraction of sp³-hybridized carbons (Fsp3) is 0.289. The van der Waals surface area contributed by atoms with E-state index in [1.54, 1.807) is 30.3 Å². The molecule has 1 amide bonds. The number of hydrogen-bond acceptors (Lipinski definition) is 6. The van der Waals surface area contributed by atoms with Crippen molar-refractivity contribution in [1.82, 2.24) is 0 Å². The van der Waals surface area contributed by atoms with E-state index in [-0.39, 0.29) is 17.6 Å². The molecule has 1 N–H and O–H groups in total. The van der Waals surface area contributed by atoms with Gasteiger partial charge in [0.1, 0.15) is 18.4 Å². The van der Waals surface area contributed by atoms with E-state index < -0.39 is 12.0 Å². The van der Waals surface area contributed by atoms with E-state index in [1.165, 1.54) is 7.11 Å². The zero-order valence-corrected chi connectivity index (χ0v) is 25.9. The van der Waals surface area contributed by atoms with Crippen LogP contribution >= 0.6 is 0 Å². The minimum Gasteiger partial charge on any atom is -0.492 e. The summed E-state index contributed by atoms with van der Waals surface area (Å²) in [5, 5.41) is 3.25. The third-order valence-corrected chi connectivity index (χ3v) is 8.29. The lowest BCUT2D eigenvalue weighted by Gasteiger charge is -2.26. The van der Waals surface area contributed by atoms with Crippen LogP contribution in [-0.4, -0.2) is 44.0 Å². The second-order valence-electron chi connectivity index (χ2n) is 11.5. The Bertz CT molecular complexity index is 1580. The molecule has 45 heavy (non-hydrogen) atoms. The smallest absolute Gasteiger partial charge is 0.328 e. The average Bonchev–Trinajstić information content (AvgIpc) is 3.63. The zero-order chi connectivity index (χ0) is 31.6. The number of ketones is 1. The van der Waals surface area contributed by atoms with Gasteiger partial charge in [-0.1, -0.05) is 85.1 Å². The number of anilines is 2. The number of carbonyl (C=O) groups excluding carboxylic acids is 3. The Morgan fingerprint density at radius 1 is 0.844 bits per heavy atom. The number of hydrogen-bond donors (Lipinski definition) is 1. The molecule has 1 aliphatic rings. The van der Waals surface area contributed by atoms with Gasteiger partial charge in [-0.25, -0.2) is 4.79 Å². The zero-order valence-electron chi connectivity index (χ0n) is 25.9. The Labute approximate surface area is 265 Å².